The van der Waals surface area contributed by atoms with Gasteiger partial charge in [-0.15, -0.1) is 12.3 Å². The molecule has 68 valence electrons. The summed E-state index contributed by atoms with van der Waals surface area (Å²) in [5.74, 6) is 2.56. The van der Waals surface area contributed by atoms with E-state index in [1.165, 1.54) is 0 Å². The summed E-state index contributed by atoms with van der Waals surface area (Å²) in [6.07, 6.45) is 7.12. The van der Waals surface area contributed by atoms with E-state index >= 15 is 0 Å². The smallest absolute Gasteiger partial charge is 0.0790 e. The van der Waals surface area contributed by atoms with Gasteiger partial charge >= 0.3 is 0 Å². The largest absolute Gasteiger partial charge is 0.388 e. The highest BCUT2D eigenvalue weighted by Crippen LogP contribution is 2.17. The number of terminal acetylenes is 1. The lowest BCUT2D eigenvalue weighted by molar-refractivity contribution is 0.165. The average Bonchev–Trinajstić information content (AvgIpc) is 2.19. The second-order valence-corrected chi connectivity index (χ2v) is 3.02. The Balaban J connectivity index is 2.41. The van der Waals surface area contributed by atoms with Crippen LogP contribution in [-0.4, -0.2) is 5.11 Å². The minimum absolute atomic E-state index is 0.366. The van der Waals surface area contributed by atoms with E-state index in [9.17, 15) is 5.11 Å². The maximum atomic E-state index is 9.68. The fraction of sp³-hybridized carbons (Fsp3) is 0.333. The van der Waals surface area contributed by atoms with Crippen LogP contribution >= 0.6 is 0 Å². The Kier molecular flexibility index (Phi) is 4.08. The average molecular weight is 174 g/mol. The quantitative estimate of drug-likeness (QED) is 0.549. The Labute approximate surface area is 79.4 Å². The van der Waals surface area contributed by atoms with Crippen LogP contribution in [0.25, 0.3) is 0 Å². The highest BCUT2D eigenvalue weighted by Gasteiger charge is 2.04. The van der Waals surface area contributed by atoms with Gasteiger partial charge in [-0.05, 0) is 18.4 Å². The van der Waals surface area contributed by atoms with Crippen LogP contribution in [0.4, 0.5) is 0 Å². The van der Waals surface area contributed by atoms with Gasteiger partial charge in [0.05, 0.1) is 6.10 Å². The third kappa shape index (κ3) is 3.31. The second kappa shape index (κ2) is 5.40. The van der Waals surface area contributed by atoms with Gasteiger partial charge in [-0.3, -0.25) is 0 Å². The van der Waals surface area contributed by atoms with Crippen molar-refractivity contribution in [2.24, 2.45) is 0 Å². The first-order valence-electron chi connectivity index (χ1n) is 4.51. The second-order valence-electron chi connectivity index (χ2n) is 3.02. The van der Waals surface area contributed by atoms with E-state index in [-0.39, 0.29) is 6.10 Å². The Morgan fingerprint density at radius 2 is 2.00 bits per heavy atom. The monoisotopic (exact) mass is 174 g/mol. The molecule has 1 nitrogen and oxygen atoms in total. The molecule has 1 N–H and O–H groups in total. The van der Waals surface area contributed by atoms with Crippen LogP contribution in [-0.2, 0) is 0 Å². The van der Waals surface area contributed by atoms with Crippen molar-refractivity contribution in [3.05, 3.63) is 35.9 Å². The van der Waals surface area contributed by atoms with E-state index in [0.29, 0.717) is 0 Å². The van der Waals surface area contributed by atoms with E-state index in [4.69, 9.17) is 6.42 Å². The summed E-state index contributed by atoms with van der Waals surface area (Å²) in [6.45, 7) is 0. The number of aliphatic hydroxyl groups excluding tert-OH is 1. The van der Waals surface area contributed by atoms with Gasteiger partial charge in [-0.1, -0.05) is 30.3 Å². The lowest BCUT2D eigenvalue weighted by atomic mass is 10.0. The molecule has 1 unspecified atom stereocenters. The number of unbranched alkanes of at least 4 members (excludes halogenated alkanes) is 1. The summed E-state index contributed by atoms with van der Waals surface area (Å²) in [4.78, 5) is 0. The molecule has 1 atom stereocenters. The molecule has 1 heteroatoms. The van der Waals surface area contributed by atoms with E-state index in [0.717, 1.165) is 24.8 Å². The van der Waals surface area contributed by atoms with Crippen molar-refractivity contribution in [2.45, 2.75) is 25.4 Å². The first-order chi connectivity index (χ1) is 6.34. The van der Waals surface area contributed by atoms with Gasteiger partial charge in [0.2, 0.25) is 0 Å². The van der Waals surface area contributed by atoms with Gasteiger partial charge in [0.15, 0.2) is 0 Å². The summed E-state index contributed by atoms with van der Waals surface area (Å²) in [7, 11) is 0. The number of benzene rings is 1. The highest BCUT2D eigenvalue weighted by atomic mass is 16.3. The standard InChI is InChI=1S/C12H14O/c1-2-3-5-10-12(13)11-8-6-4-7-9-11/h1,4,6-9,12-13H,3,5,10H2. The first kappa shape index (κ1) is 9.83. The summed E-state index contributed by atoms with van der Waals surface area (Å²) in [5, 5.41) is 9.68. The zero-order chi connectivity index (χ0) is 9.52. The predicted molar refractivity (Wildman–Crippen MR) is 54.1 cm³/mol. The van der Waals surface area contributed by atoms with Crippen LogP contribution in [0.2, 0.25) is 0 Å². The molecule has 1 aromatic rings. The Morgan fingerprint density at radius 3 is 2.62 bits per heavy atom. The van der Waals surface area contributed by atoms with Crippen LogP contribution < -0.4 is 0 Å². The number of rotatable bonds is 4. The van der Waals surface area contributed by atoms with E-state index < -0.39 is 0 Å². The normalized spacial score (nSPS) is 12.0. The van der Waals surface area contributed by atoms with Crippen molar-refractivity contribution >= 4 is 0 Å². The number of aliphatic hydroxyl groups is 1. The fourth-order valence-corrected chi connectivity index (χ4v) is 1.24. The molecular formula is C12H14O. The summed E-state index contributed by atoms with van der Waals surface area (Å²) < 4.78 is 0. The minimum Gasteiger partial charge on any atom is -0.388 e. The predicted octanol–water partition coefficient (Wildman–Crippen LogP) is 2.52. The summed E-state index contributed by atoms with van der Waals surface area (Å²) in [5.41, 5.74) is 0.972. The van der Waals surface area contributed by atoms with Gasteiger partial charge in [0, 0.05) is 6.42 Å². The maximum Gasteiger partial charge on any atom is 0.0790 e. The molecule has 13 heavy (non-hydrogen) atoms. The van der Waals surface area contributed by atoms with Crippen LogP contribution in [0, 0.1) is 12.3 Å². The number of hydrogen-bond donors (Lipinski definition) is 1. The molecule has 0 fully saturated rings. The van der Waals surface area contributed by atoms with Crippen molar-refractivity contribution in [3.63, 3.8) is 0 Å². The molecule has 0 heterocycles. The molecule has 0 spiro atoms. The van der Waals surface area contributed by atoms with Crippen LogP contribution in [0.5, 0.6) is 0 Å². The third-order valence-electron chi connectivity index (χ3n) is 1.98. The minimum atomic E-state index is -0.366. The van der Waals surface area contributed by atoms with Crippen molar-refractivity contribution in [1.82, 2.24) is 0 Å². The third-order valence-corrected chi connectivity index (χ3v) is 1.98. The van der Waals surface area contributed by atoms with Crippen molar-refractivity contribution < 1.29 is 5.11 Å². The van der Waals surface area contributed by atoms with Crippen molar-refractivity contribution in [2.75, 3.05) is 0 Å². The Morgan fingerprint density at radius 1 is 1.31 bits per heavy atom. The van der Waals surface area contributed by atoms with Crippen molar-refractivity contribution in [3.8, 4) is 12.3 Å². The Bertz CT molecular complexity index is 271. The SMILES string of the molecule is C#CCCCC(O)c1ccccc1. The topological polar surface area (TPSA) is 20.2 Å². The van der Waals surface area contributed by atoms with E-state index in [1.807, 2.05) is 30.3 Å². The fourth-order valence-electron chi connectivity index (χ4n) is 1.24. The molecule has 0 aliphatic carbocycles. The molecule has 0 saturated heterocycles. The van der Waals surface area contributed by atoms with Crippen molar-refractivity contribution in [1.29, 1.82) is 0 Å². The van der Waals surface area contributed by atoms with Gasteiger partial charge in [0.25, 0.3) is 0 Å². The lowest BCUT2D eigenvalue weighted by Crippen LogP contribution is -1.96. The van der Waals surface area contributed by atoms with Gasteiger partial charge in [-0.25, -0.2) is 0 Å². The summed E-state index contributed by atoms with van der Waals surface area (Å²) >= 11 is 0. The molecule has 0 saturated carbocycles. The van der Waals surface area contributed by atoms with Gasteiger partial charge in [-0.2, -0.15) is 0 Å². The van der Waals surface area contributed by atoms with E-state index in [2.05, 4.69) is 5.92 Å². The molecule has 1 aromatic carbocycles. The molecule has 1 rings (SSSR count). The molecule has 0 bridgehead atoms. The van der Waals surface area contributed by atoms with Crippen LogP contribution in [0.1, 0.15) is 30.9 Å². The molecule has 0 radical (unpaired) electrons. The molecule has 0 aliphatic rings. The number of hydrogen-bond acceptors (Lipinski definition) is 1. The first-order valence-corrected chi connectivity index (χ1v) is 4.51. The molecule has 0 aliphatic heterocycles. The maximum absolute atomic E-state index is 9.68. The lowest BCUT2D eigenvalue weighted by Gasteiger charge is -2.08. The zero-order valence-corrected chi connectivity index (χ0v) is 7.61. The zero-order valence-electron chi connectivity index (χ0n) is 7.61. The van der Waals surface area contributed by atoms with Crippen LogP contribution in [0.3, 0.4) is 0 Å². The molecule has 0 amide bonds. The van der Waals surface area contributed by atoms with Gasteiger partial charge in [0.1, 0.15) is 0 Å². The Hall–Kier alpha value is -1.26. The van der Waals surface area contributed by atoms with E-state index in [1.54, 1.807) is 0 Å². The summed E-state index contributed by atoms with van der Waals surface area (Å²) in [6, 6.07) is 9.66. The highest BCUT2D eigenvalue weighted by molar-refractivity contribution is 5.17. The van der Waals surface area contributed by atoms with Gasteiger partial charge < -0.3 is 5.11 Å². The molecular weight excluding hydrogens is 160 g/mol. The van der Waals surface area contributed by atoms with Crippen LogP contribution in [0.15, 0.2) is 30.3 Å². The molecule has 0 aromatic heterocycles.